The van der Waals surface area contributed by atoms with Gasteiger partial charge in [0.25, 0.3) is 0 Å². The van der Waals surface area contributed by atoms with Gasteiger partial charge in [-0.1, -0.05) is 46.7 Å². The van der Waals surface area contributed by atoms with Gasteiger partial charge < -0.3 is 10.4 Å². The predicted octanol–water partition coefficient (Wildman–Crippen LogP) is 7.26. The van der Waals surface area contributed by atoms with E-state index in [1.54, 1.807) is 11.8 Å². The molecule has 2 aliphatic rings. The third kappa shape index (κ3) is 6.51. The Labute approximate surface area is 220 Å². The monoisotopic (exact) mass is 550 g/mol. The summed E-state index contributed by atoms with van der Waals surface area (Å²) >= 11 is 5.39. The number of hydrogen-bond acceptors (Lipinski definition) is 6. The minimum atomic E-state index is -0.170. The number of nitrogens with zero attached hydrogens (tertiary/aromatic N) is 3. The van der Waals surface area contributed by atoms with Crippen LogP contribution in [0.2, 0.25) is 0 Å². The van der Waals surface area contributed by atoms with Gasteiger partial charge in [0.15, 0.2) is 5.82 Å². The Bertz CT molecular complexity index is 1190. The molecule has 35 heavy (non-hydrogen) atoms. The van der Waals surface area contributed by atoms with E-state index in [0.717, 1.165) is 77.4 Å². The zero-order chi connectivity index (χ0) is 24.2. The Balaban J connectivity index is 1.44. The van der Waals surface area contributed by atoms with Crippen molar-refractivity contribution < 1.29 is 5.11 Å². The molecule has 7 heteroatoms. The standard InChI is InChI=1S/C28H31BrN4OS/c1-18-5-12-28(35-25-17-20(29)6-11-24(18)25)33-27-16-19(14-22-4-2-3-13-30-22)15-26(32-27)31-21-7-9-23(34)10-8-21/h2-4,6,11,13,15-18,21,23,34H,5,7-10,12,14H2,1H3,(H,31,32). The molecule has 1 unspecified atom stereocenters. The molecular weight excluding hydrogens is 520 g/mol. The van der Waals surface area contributed by atoms with Crippen molar-refractivity contribution in [2.75, 3.05) is 5.32 Å². The molecule has 5 nitrogen and oxygen atoms in total. The van der Waals surface area contributed by atoms with E-state index in [1.807, 2.05) is 18.3 Å². The lowest BCUT2D eigenvalue weighted by molar-refractivity contribution is 0.126. The smallest absolute Gasteiger partial charge is 0.155 e. The molecule has 2 aromatic heterocycles. The molecule has 0 radical (unpaired) electrons. The summed E-state index contributed by atoms with van der Waals surface area (Å²) in [6, 6.07) is 17.1. The van der Waals surface area contributed by atoms with Gasteiger partial charge in [-0.2, -0.15) is 0 Å². The molecule has 2 N–H and O–H groups in total. The van der Waals surface area contributed by atoms with Gasteiger partial charge in [0.05, 0.1) is 11.1 Å². The van der Waals surface area contributed by atoms with Gasteiger partial charge in [0.2, 0.25) is 0 Å². The molecule has 1 aromatic carbocycles. The number of fused-ring (bicyclic) bond motifs is 1. The van der Waals surface area contributed by atoms with E-state index in [2.05, 4.69) is 69.6 Å². The number of aliphatic hydroxyl groups is 1. The van der Waals surface area contributed by atoms with E-state index in [-0.39, 0.29) is 6.10 Å². The molecule has 0 amide bonds. The molecule has 1 aliphatic carbocycles. The van der Waals surface area contributed by atoms with Gasteiger partial charge in [-0.3, -0.25) is 4.98 Å². The Morgan fingerprint density at radius 2 is 1.94 bits per heavy atom. The first kappa shape index (κ1) is 24.5. The Morgan fingerprint density at radius 1 is 1.09 bits per heavy atom. The third-order valence-corrected chi connectivity index (χ3v) is 8.39. The molecule has 3 aromatic rings. The highest BCUT2D eigenvalue weighted by Gasteiger charge is 2.21. The summed E-state index contributed by atoms with van der Waals surface area (Å²) in [5.74, 6) is 2.10. The first-order chi connectivity index (χ1) is 17.0. The second-order valence-corrected chi connectivity index (χ2v) is 11.6. The number of halogens is 1. The van der Waals surface area contributed by atoms with Gasteiger partial charge in [-0.15, -0.1) is 0 Å². The van der Waals surface area contributed by atoms with E-state index in [4.69, 9.17) is 9.98 Å². The summed E-state index contributed by atoms with van der Waals surface area (Å²) < 4.78 is 1.09. The summed E-state index contributed by atoms with van der Waals surface area (Å²) in [4.78, 5) is 15.7. The minimum absolute atomic E-state index is 0.170. The third-order valence-electron chi connectivity index (χ3n) is 6.80. The molecule has 0 bridgehead atoms. The topological polar surface area (TPSA) is 70.4 Å². The van der Waals surface area contributed by atoms with Crippen LogP contribution in [-0.4, -0.2) is 32.3 Å². The van der Waals surface area contributed by atoms with E-state index in [9.17, 15) is 5.11 Å². The van der Waals surface area contributed by atoms with Crippen LogP contribution in [0.15, 0.2) is 69.1 Å². The van der Waals surface area contributed by atoms with Crippen LogP contribution in [0.25, 0.3) is 0 Å². The van der Waals surface area contributed by atoms with Crippen LogP contribution in [-0.2, 0) is 6.42 Å². The molecule has 5 rings (SSSR count). The average molecular weight is 552 g/mol. The van der Waals surface area contributed by atoms with Gasteiger partial charge in [0.1, 0.15) is 5.82 Å². The normalized spacial score (nSPS) is 23.5. The molecule has 182 valence electrons. The number of benzene rings is 1. The first-order valence-corrected chi connectivity index (χ1v) is 14.0. The Hall–Kier alpha value is -2.22. The SMILES string of the molecule is CC1CCC(=Nc2cc(Cc3ccccn3)cc(NC3CCC(O)CC3)n2)Sc2cc(Br)ccc21. The lowest BCUT2D eigenvalue weighted by atomic mass is 9.93. The first-order valence-electron chi connectivity index (χ1n) is 12.4. The number of anilines is 1. The maximum atomic E-state index is 9.88. The molecule has 0 saturated heterocycles. The van der Waals surface area contributed by atoms with Gasteiger partial charge in [-0.25, -0.2) is 9.98 Å². The summed E-state index contributed by atoms with van der Waals surface area (Å²) in [7, 11) is 0. The summed E-state index contributed by atoms with van der Waals surface area (Å²) in [5, 5.41) is 14.6. The Morgan fingerprint density at radius 3 is 2.74 bits per heavy atom. The highest BCUT2D eigenvalue weighted by Crippen LogP contribution is 2.39. The van der Waals surface area contributed by atoms with Crippen LogP contribution in [0.5, 0.6) is 0 Å². The van der Waals surface area contributed by atoms with Crippen LogP contribution >= 0.6 is 27.7 Å². The molecule has 3 heterocycles. The number of thioether (sulfide) groups is 1. The van der Waals surface area contributed by atoms with Gasteiger partial charge in [0, 0.05) is 33.7 Å². The van der Waals surface area contributed by atoms with E-state index in [1.165, 1.54) is 10.5 Å². The van der Waals surface area contributed by atoms with E-state index in [0.29, 0.717) is 12.0 Å². The lowest BCUT2D eigenvalue weighted by Crippen LogP contribution is -2.28. The fourth-order valence-electron chi connectivity index (χ4n) is 4.83. The summed E-state index contributed by atoms with van der Waals surface area (Å²) in [5.41, 5.74) is 3.56. The molecule has 0 spiro atoms. The average Bonchev–Trinajstić information content (AvgIpc) is 2.99. The molecular formula is C28H31BrN4OS. The lowest BCUT2D eigenvalue weighted by Gasteiger charge is -2.26. The molecule has 1 saturated carbocycles. The van der Waals surface area contributed by atoms with E-state index < -0.39 is 0 Å². The quantitative estimate of drug-likeness (QED) is 0.349. The van der Waals surface area contributed by atoms with Crippen molar-refractivity contribution in [1.82, 2.24) is 9.97 Å². The number of aromatic nitrogens is 2. The fourth-order valence-corrected chi connectivity index (χ4v) is 6.53. The van der Waals surface area contributed by atoms with E-state index >= 15 is 0 Å². The number of rotatable bonds is 5. The van der Waals surface area contributed by atoms with Crippen LogP contribution in [0.1, 0.15) is 68.2 Å². The number of aliphatic imine (C=N–C) groups is 1. The van der Waals surface area contributed by atoms with Crippen molar-refractivity contribution >= 4 is 44.4 Å². The summed E-state index contributed by atoms with van der Waals surface area (Å²) in [6.45, 7) is 2.30. The van der Waals surface area contributed by atoms with Gasteiger partial charge in [-0.05, 0) is 92.0 Å². The highest BCUT2D eigenvalue weighted by atomic mass is 79.9. The minimum Gasteiger partial charge on any atom is -0.393 e. The summed E-state index contributed by atoms with van der Waals surface area (Å²) in [6.07, 6.45) is 8.00. The second-order valence-electron chi connectivity index (χ2n) is 9.60. The van der Waals surface area contributed by atoms with Crippen molar-refractivity contribution in [3.63, 3.8) is 0 Å². The molecule has 1 fully saturated rings. The second kappa shape index (κ2) is 11.2. The fraction of sp³-hybridized carbons (Fsp3) is 0.393. The van der Waals surface area contributed by atoms with Crippen LogP contribution in [0.4, 0.5) is 11.6 Å². The zero-order valence-corrected chi connectivity index (χ0v) is 22.4. The molecule has 1 atom stereocenters. The number of hydrogen-bond donors (Lipinski definition) is 2. The van der Waals surface area contributed by atoms with Crippen LogP contribution in [0.3, 0.4) is 0 Å². The molecule has 1 aliphatic heterocycles. The van der Waals surface area contributed by atoms with Crippen molar-refractivity contribution in [1.29, 1.82) is 0 Å². The number of pyridine rings is 2. The van der Waals surface area contributed by atoms with Crippen molar-refractivity contribution in [3.8, 4) is 0 Å². The maximum Gasteiger partial charge on any atom is 0.155 e. The maximum absolute atomic E-state index is 9.88. The Kier molecular flexibility index (Phi) is 7.85. The van der Waals surface area contributed by atoms with Crippen molar-refractivity contribution in [3.05, 3.63) is 76.0 Å². The zero-order valence-electron chi connectivity index (χ0n) is 20.0. The predicted molar refractivity (Wildman–Crippen MR) is 148 cm³/mol. The van der Waals surface area contributed by atoms with Crippen LogP contribution < -0.4 is 5.32 Å². The van der Waals surface area contributed by atoms with Crippen molar-refractivity contribution in [2.24, 2.45) is 4.99 Å². The number of nitrogens with one attached hydrogen (secondary N) is 1. The van der Waals surface area contributed by atoms with Crippen molar-refractivity contribution in [2.45, 2.75) is 74.8 Å². The van der Waals surface area contributed by atoms with Gasteiger partial charge >= 0.3 is 0 Å². The highest BCUT2D eigenvalue weighted by molar-refractivity contribution is 9.10. The van der Waals surface area contributed by atoms with Crippen LogP contribution in [0, 0.1) is 0 Å². The largest absolute Gasteiger partial charge is 0.393 e. The number of aliphatic hydroxyl groups excluding tert-OH is 1.